The Balaban J connectivity index is 1.14. The molecule has 8 rings (SSSR count). The number of nitrogens with one attached hydrogen (secondary N) is 3. The van der Waals surface area contributed by atoms with Gasteiger partial charge in [0.15, 0.2) is 17.3 Å². The average Bonchev–Trinajstić information content (AvgIpc) is 3.37. The van der Waals surface area contributed by atoms with Crippen molar-refractivity contribution in [3.05, 3.63) is 76.7 Å². The molecule has 2 fully saturated rings. The van der Waals surface area contributed by atoms with E-state index in [1.165, 1.54) is 36.2 Å². The zero-order valence-corrected chi connectivity index (χ0v) is 24.5. The number of aliphatic hydroxyl groups is 1. The zero-order chi connectivity index (χ0) is 29.1. The number of carbonyl (C=O) groups excluding carboxylic acids is 1. The minimum Gasteiger partial charge on any atom is -0.374 e. The standard InChI is InChI=1S/C33H31N7O2S/c1-17(41)27-9-10-28(43-27)23-15-34-16-26-29(23)38-32(37-26)31-30-25(39-40-31)8-7-24(36-30)21-12-19-11-20(19)13-22(14-21)35-33(42)18-5-3-2-4-6-18/h7-10,12-16,18-19,33,35,42H,2-6,11H2,1H3,(H,37,38)(H,39,40). The van der Waals surface area contributed by atoms with E-state index in [0.717, 1.165) is 68.7 Å². The molecular weight excluding hydrogens is 558 g/mol. The Kier molecular flexibility index (Phi) is 6.34. The monoisotopic (exact) mass is 589 g/mol. The zero-order valence-electron chi connectivity index (χ0n) is 23.7. The molecule has 2 atom stereocenters. The van der Waals surface area contributed by atoms with Crippen molar-refractivity contribution in [2.24, 2.45) is 11.8 Å². The molecule has 4 N–H and O–H groups in total. The van der Waals surface area contributed by atoms with Crippen LogP contribution in [-0.2, 0) is 0 Å². The Morgan fingerprint density at radius 2 is 1.93 bits per heavy atom. The number of aliphatic hydroxyl groups excluding tert-OH is 1. The molecule has 5 aromatic heterocycles. The molecule has 0 saturated heterocycles. The van der Waals surface area contributed by atoms with E-state index in [0.29, 0.717) is 22.3 Å². The topological polar surface area (TPSA) is 132 Å². The maximum absolute atomic E-state index is 11.9. The highest BCUT2D eigenvalue weighted by atomic mass is 32.1. The maximum atomic E-state index is 11.9. The first-order valence-electron chi connectivity index (χ1n) is 14.9. The van der Waals surface area contributed by atoms with Crippen LogP contribution in [0.1, 0.15) is 60.8 Å². The number of aromatic nitrogens is 6. The molecule has 5 aromatic rings. The van der Waals surface area contributed by atoms with Crippen LogP contribution in [0, 0.1) is 11.8 Å². The molecule has 3 aliphatic carbocycles. The average molecular weight is 590 g/mol. The molecule has 43 heavy (non-hydrogen) atoms. The Hall–Kier alpha value is -4.41. The minimum absolute atomic E-state index is 0.0413. The first kappa shape index (κ1) is 26.2. The number of H-pyrrole nitrogens is 2. The fraction of sp³-hybridized carbons (Fsp3) is 0.303. The molecule has 0 spiro atoms. The number of allylic oxidation sites excluding steroid dienone is 5. The number of rotatable bonds is 7. The molecule has 216 valence electrons. The van der Waals surface area contributed by atoms with Gasteiger partial charge in [-0.25, -0.2) is 9.97 Å². The Labute approximate surface area is 251 Å². The van der Waals surface area contributed by atoms with E-state index < -0.39 is 6.23 Å². The number of pyridine rings is 2. The molecule has 0 aromatic carbocycles. The molecule has 9 nitrogen and oxygen atoms in total. The molecule has 2 unspecified atom stereocenters. The summed E-state index contributed by atoms with van der Waals surface area (Å²) in [4.78, 5) is 31.3. The van der Waals surface area contributed by atoms with Gasteiger partial charge in [-0.3, -0.25) is 14.9 Å². The number of nitrogens with zero attached hydrogens (tertiary/aromatic N) is 4. The summed E-state index contributed by atoms with van der Waals surface area (Å²) >= 11 is 1.44. The van der Waals surface area contributed by atoms with E-state index in [9.17, 15) is 9.90 Å². The van der Waals surface area contributed by atoms with Crippen molar-refractivity contribution >= 4 is 44.8 Å². The van der Waals surface area contributed by atoms with Crippen LogP contribution in [0.15, 0.2) is 66.2 Å². The number of fused-ring (bicyclic) bond motifs is 3. The molecule has 0 bridgehead atoms. The first-order valence-corrected chi connectivity index (χ1v) is 15.7. The molecule has 0 aliphatic heterocycles. The SMILES string of the molecule is CC(=O)c1ccc(-c2cncc3[nH]c(-c4n[nH]c5ccc(C6=CC7CC7=CC(NC(O)C7CCCCC7)=C6)nc45)nc23)s1. The number of thiophene rings is 1. The minimum atomic E-state index is -0.549. The summed E-state index contributed by atoms with van der Waals surface area (Å²) in [5.74, 6) is 1.33. The number of aromatic amines is 2. The van der Waals surface area contributed by atoms with Crippen molar-refractivity contribution in [2.45, 2.75) is 51.7 Å². The number of carbonyl (C=O) groups is 1. The molecule has 3 aliphatic rings. The van der Waals surface area contributed by atoms with Crippen molar-refractivity contribution < 1.29 is 9.90 Å². The summed E-state index contributed by atoms with van der Waals surface area (Å²) in [6.45, 7) is 1.57. The van der Waals surface area contributed by atoms with Crippen molar-refractivity contribution in [2.75, 3.05) is 0 Å². The van der Waals surface area contributed by atoms with Crippen LogP contribution in [0.5, 0.6) is 0 Å². The van der Waals surface area contributed by atoms with E-state index >= 15 is 0 Å². The second kappa shape index (κ2) is 10.4. The van der Waals surface area contributed by atoms with Crippen LogP contribution in [0.25, 0.3) is 49.6 Å². The van der Waals surface area contributed by atoms with Crippen molar-refractivity contribution in [3.63, 3.8) is 0 Å². The van der Waals surface area contributed by atoms with Crippen LogP contribution >= 0.6 is 11.3 Å². The van der Waals surface area contributed by atoms with Crippen molar-refractivity contribution in [1.29, 1.82) is 0 Å². The van der Waals surface area contributed by atoms with Gasteiger partial charge in [-0.2, -0.15) is 5.10 Å². The van der Waals surface area contributed by atoms with Gasteiger partial charge >= 0.3 is 0 Å². The van der Waals surface area contributed by atoms with E-state index in [-0.39, 0.29) is 11.7 Å². The lowest BCUT2D eigenvalue weighted by atomic mass is 9.88. The highest BCUT2D eigenvalue weighted by Crippen LogP contribution is 2.44. The highest BCUT2D eigenvalue weighted by molar-refractivity contribution is 7.17. The summed E-state index contributed by atoms with van der Waals surface area (Å²) in [5.41, 5.74) is 8.77. The van der Waals surface area contributed by atoms with Gasteiger partial charge in [-0.1, -0.05) is 30.9 Å². The first-order chi connectivity index (χ1) is 21.0. The quantitative estimate of drug-likeness (QED) is 0.125. The van der Waals surface area contributed by atoms with Gasteiger partial charge in [0, 0.05) is 34.2 Å². The fourth-order valence-electron chi connectivity index (χ4n) is 6.30. The third-order valence-electron chi connectivity index (χ3n) is 8.76. The second-order valence-electron chi connectivity index (χ2n) is 11.8. The summed E-state index contributed by atoms with van der Waals surface area (Å²) in [6.07, 6.45) is 16.4. The fourth-order valence-corrected chi connectivity index (χ4v) is 7.22. The molecule has 2 saturated carbocycles. The van der Waals surface area contributed by atoms with Crippen LogP contribution in [0.3, 0.4) is 0 Å². The van der Waals surface area contributed by atoms with Crippen molar-refractivity contribution in [3.8, 4) is 22.0 Å². The molecular formula is C33H31N7O2S. The molecule has 0 amide bonds. The lowest BCUT2D eigenvalue weighted by Crippen LogP contribution is -2.36. The number of hydrogen-bond donors (Lipinski definition) is 4. The Morgan fingerprint density at radius 3 is 2.77 bits per heavy atom. The van der Waals surface area contributed by atoms with Gasteiger partial charge in [0.2, 0.25) is 0 Å². The maximum Gasteiger partial charge on any atom is 0.169 e. The second-order valence-corrected chi connectivity index (χ2v) is 12.9. The number of imidazole rings is 1. The highest BCUT2D eigenvalue weighted by Gasteiger charge is 2.31. The van der Waals surface area contributed by atoms with Gasteiger partial charge in [0.05, 0.1) is 27.8 Å². The van der Waals surface area contributed by atoms with Gasteiger partial charge in [0.1, 0.15) is 17.3 Å². The number of hydrogen-bond acceptors (Lipinski definition) is 8. The molecule has 0 radical (unpaired) electrons. The van der Waals surface area contributed by atoms with Gasteiger partial charge in [0.25, 0.3) is 0 Å². The summed E-state index contributed by atoms with van der Waals surface area (Å²) in [7, 11) is 0. The van der Waals surface area contributed by atoms with E-state index in [1.807, 2.05) is 24.3 Å². The predicted octanol–water partition coefficient (Wildman–Crippen LogP) is 6.54. The van der Waals surface area contributed by atoms with Gasteiger partial charge in [-0.05, 0) is 68.2 Å². The van der Waals surface area contributed by atoms with Crippen molar-refractivity contribution in [1.82, 2.24) is 35.5 Å². The largest absolute Gasteiger partial charge is 0.374 e. The third-order valence-corrected chi connectivity index (χ3v) is 9.98. The Morgan fingerprint density at radius 1 is 1.05 bits per heavy atom. The van der Waals surface area contributed by atoms with Gasteiger partial charge < -0.3 is 15.4 Å². The third kappa shape index (κ3) is 4.90. The van der Waals surface area contributed by atoms with Crippen LogP contribution < -0.4 is 5.32 Å². The lowest BCUT2D eigenvalue weighted by Gasteiger charge is -2.28. The normalized spacial score (nSPS) is 19.4. The Bertz CT molecular complexity index is 1990. The van der Waals surface area contributed by atoms with Crippen LogP contribution in [0.4, 0.5) is 0 Å². The molecule has 10 heteroatoms. The number of Topliss-reactive ketones (excluding diaryl/α,β-unsaturated/α-hetero) is 1. The summed E-state index contributed by atoms with van der Waals surface area (Å²) in [6, 6.07) is 7.80. The van der Waals surface area contributed by atoms with E-state index in [2.05, 4.69) is 43.7 Å². The van der Waals surface area contributed by atoms with Gasteiger partial charge in [-0.15, -0.1) is 11.3 Å². The predicted molar refractivity (Wildman–Crippen MR) is 168 cm³/mol. The molecule has 5 heterocycles. The lowest BCUT2D eigenvalue weighted by molar-refractivity contribution is 0.0651. The summed E-state index contributed by atoms with van der Waals surface area (Å²) in [5, 5.41) is 22.1. The smallest absolute Gasteiger partial charge is 0.169 e. The van der Waals surface area contributed by atoms with Crippen LogP contribution in [-0.4, -0.2) is 47.3 Å². The number of ketones is 1. The van der Waals surface area contributed by atoms with Crippen LogP contribution in [0.2, 0.25) is 0 Å². The van der Waals surface area contributed by atoms with E-state index in [4.69, 9.17) is 9.97 Å². The van der Waals surface area contributed by atoms with E-state index in [1.54, 1.807) is 19.3 Å². The summed E-state index contributed by atoms with van der Waals surface area (Å²) < 4.78 is 0.